The van der Waals surface area contributed by atoms with Crippen LogP contribution in [0.2, 0.25) is 0 Å². The van der Waals surface area contributed by atoms with E-state index >= 15 is 0 Å². The Balaban J connectivity index is 2.47. The van der Waals surface area contributed by atoms with Gasteiger partial charge >= 0.3 is 11.1 Å². The number of halogens is 2. The maximum absolute atomic E-state index is 13.4. The molecule has 1 heterocycles. The number of anilines is 1. The average molecular weight is 347 g/mol. The van der Waals surface area contributed by atoms with Crippen LogP contribution in [0.1, 0.15) is 0 Å². The fourth-order valence-corrected chi connectivity index (χ4v) is 2.49. The summed E-state index contributed by atoms with van der Waals surface area (Å²) < 4.78 is 15.0. The molecule has 0 bridgehead atoms. The summed E-state index contributed by atoms with van der Waals surface area (Å²) in [6.45, 7) is 0. The smallest absolute Gasteiger partial charge is 0.339 e. The molecular weight excluding hydrogens is 339 g/mol. The van der Waals surface area contributed by atoms with Gasteiger partial charge in [0.05, 0.1) is 4.47 Å². The third kappa shape index (κ3) is 2.87. The van der Waals surface area contributed by atoms with Gasteiger partial charge in [0.25, 0.3) is 0 Å². The Hall–Kier alpha value is -1.61. The van der Waals surface area contributed by atoms with Crippen LogP contribution in [0.4, 0.5) is 10.1 Å². The van der Waals surface area contributed by atoms with Gasteiger partial charge in [-0.2, -0.15) is 4.98 Å². The quantitative estimate of drug-likeness (QED) is 0.627. The first kappa shape index (κ1) is 13.8. The lowest BCUT2D eigenvalue weighted by atomic mass is 10.3. The summed E-state index contributed by atoms with van der Waals surface area (Å²) in [4.78, 5) is 26.2. The van der Waals surface area contributed by atoms with Crippen molar-refractivity contribution in [1.29, 1.82) is 0 Å². The Morgan fingerprint density at radius 3 is 2.84 bits per heavy atom. The molecule has 0 fully saturated rings. The molecule has 0 atom stereocenters. The van der Waals surface area contributed by atoms with Gasteiger partial charge in [-0.15, -0.1) is 0 Å². The van der Waals surface area contributed by atoms with Gasteiger partial charge in [-0.25, -0.2) is 4.39 Å². The molecular formula is C10H8BrFN4O2S. The van der Waals surface area contributed by atoms with E-state index in [0.717, 1.165) is 11.8 Å². The molecule has 0 aliphatic rings. The Morgan fingerprint density at radius 2 is 2.16 bits per heavy atom. The molecule has 0 radical (unpaired) electrons. The Labute approximate surface area is 119 Å². The Kier molecular flexibility index (Phi) is 3.76. The second-order valence-electron chi connectivity index (χ2n) is 3.61. The zero-order chi connectivity index (χ0) is 14.2. The summed E-state index contributed by atoms with van der Waals surface area (Å²) in [5.74, 6) is -0.480. The van der Waals surface area contributed by atoms with Crippen molar-refractivity contribution >= 4 is 33.4 Å². The lowest BCUT2D eigenvalue weighted by molar-refractivity contribution is 0.595. The topological polar surface area (TPSA) is 93.8 Å². The second-order valence-corrected chi connectivity index (χ2v) is 5.47. The van der Waals surface area contributed by atoms with Crippen molar-refractivity contribution in [3.63, 3.8) is 0 Å². The van der Waals surface area contributed by atoms with Crippen molar-refractivity contribution in [2.24, 2.45) is 7.05 Å². The van der Waals surface area contributed by atoms with Crippen molar-refractivity contribution in [2.75, 3.05) is 5.73 Å². The van der Waals surface area contributed by atoms with Crippen LogP contribution in [0.15, 0.2) is 36.2 Å². The van der Waals surface area contributed by atoms with Crippen molar-refractivity contribution in [2.45, 2.75) is 10.1 Å². The number of nitrogen functional groups attached to an aromatic ring is 1. The number of aromatic amines is 1. The molecule has 1 aromatic heterocycles. The molecule has 19 heavy (non-hydrogen) atoms. The van der Waals surface area contributed by atoms with Crippen LogP contribution < -0.4 is 16.9 Å². The molecule has 0 unspecified atom stereocenters. The second kappa shape index (κ2) is 5.17. The number of hydrogen-bond donors (Lipinski definition) is 2. The van der Waals surface area contributed by atoms with E-state index in [4.69, 9.17) is 5.73 Å². The molecule has 2 rings (SSSR count). The van der Waals surface area contributed by atoms with Gasteiger partial charge in [0.15, 0.2) is 5.16 Å². The fraction of sp³-hybridized carbons (Fsp3) is 0.100. The Bertz CT molecular complexity index is 758. The highest BCUT2D eigenvalue weighted by molar-refractivity contribution is 9.10. The lowest BCUT2D eigenvalue weighted by Gasteiger charge is -2.08. The minimum absolute atomic E-state index is 0.207. The molecule has 3 N–H and O–H groups in total. The van der Waals surface area contributed by atoms with Gasteiger partial charge in [-0.3, -0.25) is 19.4 Å². The number of aromatic nitrogens is 3. The first-order valence-corrected chi connectivity index (χ1v) is 6.59. The molecule has 6 nitrogen and oxygen atoms in total. The number of nitrogens with two attached hydrogens (primary N) is 1. The van der Waals surface area contributed by atoms with E-state index in [9.17, 15) is 14.0 Å². The van der Waals surface area contributed by atoms with E-state index in [1.54, 1.807) is 0 Å². The predicted molar refractivity (Wildman–Crippen MR) is 72.7 cm³/mol. The summed E-state index contributed by atoms with van der Waals surface area (Å²) in [5, 5.41) is 2.50. The monoisotopic (exact) mass is 346 g/mol. The SMILES string of the molecule is Cn1[nH]c(=O)c(=O)nc1Sc1cc(F)c(Br)cc1N. The Morgan fingerprint density at radius 1 is 1.47 bits per heavy atom. The van der Waals surface area contributed by atoms with E-state index in [1.165, 1.54) is 23.9 Å². The van der Waals surface area contributed by atoms with E-state index in [1.807, 2.05) is 0 Å². The molecule has 9 heteroatoms. The fourth-order valence-electron chi connectivity index (χ4n) is 1.28. The van der Waals surface area contributed by atoms with E-state index < -0.39 is 16.9 Å². The maximum atomic E-state index is 13.4. The maximum Gasteiger partial charge on any atom is 0.339 e. The number of nitrogens with one attached hydrogen (secondary N) is 1. The number of benzene rings is 1. The first-order chi connectivity index (χ1) is 8.88. The van der Waals surface area contributed by atoms with Gasteiger partial charge in [0.2, 0.25) is 0 Å². The standard InChI is InChI=1S/C10H8BrFN4O2S/c1-16-10(14-8(17)9(18)15-16)19-7-3-5(12)4(11)2-6(7)13/h2-3H,13H2,1H3,(H,15,18). The van der Waals surface area contributed by atoms with Crippen LogP contribution in [0.3, 0.4) is 0 Å². The van der Waals surface area contributed by atoms with Crippen molar-refractivity contribution in [1.82, 2.24) is 14.8 Å². The summed E-state index contributed by atoms with van der Waals surface area (Å²) in [6, 6.07) is 2.64. The summed E-state index contributed by atoms with van der Waals surface area (Å²) >= 11 is 4.00. The van der Waals surface area contributed by atoms with Gasteiger partial charge in [0, 0.05) is 17.6 Å². The van der Waals surface area contributed by atoms with E-state index in [0.29, 0.717) is 10.6 Å². The normalized spacial score (nSPS) is 10.7. The van der Waals surface area contributed by atoms with Crippen LogP contribution in [0, 0.1) is 5.82 Å². The van der Waals surface area contributed by atoms with E-state index in [2.05, 4.69) is 26.0 Å². The van der Waals surface area contributed by atoms with Crippen LogP contribution in [-0.4, -0.2) is 14.8 Å². The van der Waals surface area contributed by atoms with Crippen LogP contribution >= 0.6 is 27.7 Å². The number of aryl methyl sites for hydroxylation is 1. The van der Waals surface area contributed by atoms with Gasteiger partial charge in [-0.1, -0.05) is 0 Å². The van der Waals surface area contributed by atoms with E-state index in [-0.39, 0.29) is 9.63 Å². The molecule has 100 valence electrons. The molecule has 1 aromatic carbocycles. The minimum Gasteiger partial charge on any atom is -0.398 e. The highest BCUT2D eigenvalue weighted by atomic mass is 79.9. The molecule has 0 saturated heterocycles. The number of rotatable bonds is 2. The van der Waals surface area contributed by atoms with Crippen molar-refractivity contribution < 1.29 is 4.39 Å². The minimum atomic E-state index is -0.906. The van der Waals surface area contributed by atoms with Crippen LogP contribution in [0.25, 0.3) is 0 Å². The molecule has 0 saturated carbocycles. The lowest BCUT2D eigenvalue weighted by Crippen LogP contribution is -2.33. The number of H-pyrrole nitrogens is 1. The van der Waals surface area contributed by atoms with Crippen molar-refractivity contribution in [3.05, 3.63) is 43.1 Å². The summed E-state index contributed by atoms with van der Waals surface area (Å²) in [6.07, 6.45) is 0. The highest BCUT2D eigenvalue weighted by Gasteiger charge is 2.11. The predicted octanol–water partition coefficient (Wildman–Crippen LogP) is 1.10. The zero-order valence-corrected chi connectivity index (χ0v) is 12.0. The molecule has 0 spiro atoms. The summed E-state index contributed by atoms with van der Waals surface area (Å²) in [5.41, 5.74) is 4.36. The molecule has 0 amide bonds. The van der Waals surface area contributed by atoms with Gasteiger partial charge < -0.3 is 5.73 Å². The number of nitrogens with zero attached hydrogens (tertiary/aromatic N) is 2. The van der Waals surface area contributed by atoms with Crippen LogP contribution in [0.5, 0.6) is 0 Å². The largest absolute Gasteiger partial charge is 0.398 e. The first-order valence-electron chi connectivity index (χ1n) is 4.98. The number of hydrogen-bond acceptors (Lipinski definition) is 5. The van der Waals surface area contributed by atoms with Gasteiger partial charge in [0.1, 0.15) is 5.82 Å². The average Bonchev–Trinajstić information content (AvgIpc) is 2.32. The van der Waals surface area contributed by atoms with Gasteiger partial charge in [-0.05, 0) is 39.8 Å². The molecule has 2 aromatic rings. The summed E-state index contributed by atoms with van der Waals surface area (Å²) in [7, 11) is 1.52. The molecule has 0 aliphatic heterocycles. The molecule has 0 aliphatic carbocycles. The third-order valence-electron chi connectivity index (χ3n) is 2.20. The van der Waals surface area contributed by atoms with Crippen molar-refractivity contribution in [3.8, 4) is 0 Å². The highest BCUT2D eigenvalue weighted by Crippen LogP contribution is 2.33. The third-order valence-corrected chi connectivity index (χ3v) is 3.93. The van der Waals surface area contributed by atoms with Crippen LogP contribution in [-0.2, 0) is 7.05 Å². The zero-order valence-electron chi connectivity index (χ0n) is 9.61.